The lowest BCUT2D eigenvalue weighted by atomic mass is 9.86. The fourth-order valence-corrected chi connectivity index (χ4v) is 5.53. The van der Waals surface area contributed by atoms with Crippen molar-refractivity contribution in [2.24, 2.45) is 11.7 Å². The van der Waals surface area contributed by atoms with Gasteiger partial charge in [0.05, 0.1) is 5.92 Å². The number of hydrogen-bond acceptors (Lipinski definition) is 3. The molecule has 33 heavy (non-hydrogen) atoms. The summed E-state index contributed by atoms with van der Waals surface area (Å²) in [4.78, 5) is 29.5. The number of primary amides is 1. The first-order valence-corrected chi connectivity index (χ1v) is 12.0. The Morgan fingerprint density at radius 3 is 2.42 bits per heavy atom. The first kappa shape index (κ1) is 23.4. The highest BCUT2D eigenvalue weighted by molar-refractivity contribution is 5.86. The number of benzene rings is 2. The van der Waals surface area contributed by atoms with Gasteiger partial charge in [-0.1, -0.05) is 49.2 Å². The van der Waals surface area contributed by atoms with Gasteiger partial charge < -0.3 is 10.6 Å². The van der Waals surface area contributed by atoms with Crippen LogP contribution in [0, 0.1) is 18.7 Å². The van der Waals surface area contributed by atoms with Crippen LogP contribution in [0.1, 0.15) is 60.8 Å². The summed E-state index contributed by atoms with van der Waals surface area (Å²) in [5, 5.41) is 0. The van der Waals surface area contributed by atoms with Gasteiger partial charge >= 0.3 is 0 Å². The van der Waals surface area contributed by atoms with Crippen LogP contribution >= 0.6 is 0 Å². The molecule has 5 nitrogen and oxygen atoms in total. The zero-order chi connectivity index (χ0) is 23.5. The highest BCUT2D eigenvalue weighted by Gasteiger charge is 2.33. The maximum Gasteiger partial charge on any atom is 0.229 e. The number of carbonyl (C=O) groups is 2. The zero-order valence-corrected chi connectivity index (χ0v) is 19.6. The Morgan fingerprint density at radius 2 is 1.79 bits per heavy atom. The summed E-state index contributed by atoms with van der Waals surface area (Å²) in [6, 6.07) is 12.6. The van der Waals surface area contributed by atoms with Crippen molar-refractivity contribution >= 4 is 11.8 Å². The van der Waals surface area contributed by atoms with Crippen LogP contribution in [0.3, 0.4) is 0 Å². The van der Waals surface area contributed by atoms with Gasteiger partial charge in [0.25, 0.3) is 0 Å². The zero-order valence-electron chi connectivity index (χ0n) is 19.6. The van der Waals surface area contributed by atoms with Crippen molar-refractivity contribution in [1.82, 2.24) is 9.80 Å². The third-order valence-electron chi connectivity index (χ3n) is 7.39. The summed E-state index contributed by atoms with van der Waals surface area (Å²) in [6.07, 6.45) is 4.31. The predicted octanol–water partition coefficient (Wildman–Crippen LogP) is 3.97. The highest BCUT2D eigenvalue weighted by atomic mass is 19.1. The van der Waals surface area contributed by atoms with E-state index >= 15 is 0 Å². The number of nitrogens with two attached hydrogens (primary N) is 1. The van der Waals surface area contributed by atoms with E-state index < -0.39 is 11.8 Å². The minimum absolute atomic E-state index is 0.0982. The van der Waals surface area contributed by atoms with E-state index in [0.29, 0.717) is 31.7 Å². The molecule has 1 aliphatic heterocycles. The first-order chi connectivity index (χ1) is 15.9. The molecule has 4 rings (SSSR count). The lowest BCUT2D eigenvalue weighted by molar-refractivity contribution is -0.140. The van der Waals surface area contributed by atoms with Crippen molar-refractivity contribution in [2.75, 3.05) is 19.6 Å². The SMILES string of the molecule is Cc1c(C(C(N)=O)c2ccccc2)ccc(F)c1CN1CCN(C(=O)C2CCCC2)C(C)C1. The molecule has 2 aromatic carbocycles. The van der Waals surface area contributed by atoms with Gasteiger partial charge in [0.1, 0.15) is 5.82 Å². The van der Waals surface area contributed by atoms with E-state index in [1.807, 2.05) is 42.2 Å². The van der Waals surface area contributed by atoms with Crippen molar-refractivity contribution in [1.29, 1.82) is 0 Å². The topological polar surface area (TPSA) is 66.6 Å². The van der Waals surface area contributed by atoms with Crippen molar-refractivity contribution in [3.8, 4) is 0 Å². The Balaban J connectivity index is 1.52. The van der Waals surface area contributed by atoms with Crippen molar-refractivity contribution in [2.45, 2.75) is 58.0 Å². The largest absolute Gasteiger partial charge is 0.369 e. The standard InChI is InChI=1S/C27H34FN3O2/c1-18-16-30(14-15-31(18)27(33)21-10-6-7-11-21)17-23-19(2)22(12-13-24(23)28)25(26(29)32)20-8-4-3-5-9-20/h3-5,8-9,12-13,18,21,25H,6-7,10-11,14-17H2,1-2H3,(H2,29,32). The van der Waals surface area contributed by atoms with E-state index in [-0.39, 0.29) is 23.7 Å². The van der Waals surface area contributed by atoms with Gasteiger partial charge in [-0.3, -0.25) is 14.5 Å². The number of carbonyl (C=O) groups excluding carboxylic acids is 2. The molecule has 2 unspecified atom stereocenters. The molecule has 1 heterocycles. The average Bonchev–Trinajstić information content (AvgIpc) is 3.34. The fourth-order valence-electron chi connectivity index (χ4n) is 5.53. The first-order valence-electron chi connectivity index (χ1n) is 12.0. The Kier molecular flexibility index (Phi) is 7.13. The summed E-state index contributed by atoms with van der Waals surface area (Å²) < 4.78 is 15.0. The highest BCUT2D eigenvalue weighted by Crippen LogP contribution is 2.32. The predicted molar refractivity (Wildman–Crippen MR) is 127 cm³/mol. The lowest BCUT2D eigenvalue weighted by Gasteiger charge is -2.41. The Hall–Kier alpha value is -2.73. The van der Waals surface area contributed by atoms with Crippen molar-refractivity contribution in [3.63, 3.8) is 0 Å². The van der Waals surface area contributed by atoms with Crippen LogP contribution < -0.4 is 5.73 Å². The molecule has 0 spiro atoms. The molecule has 2 aromatic rings. The quantitative estimate of drug-likeness (QED) is 0.723. The Labute approximate surface area is 195 Å². The normalized spacial score (nSPS) is 20.7. The summed E-state index contributed by atoms with van der Waals surface area (Å²) in [7, 11) is 0. The van der Waals surface area contributed by atoms with E-state index in [0.717, 1.165) is 42.4 Å². The maximum absolute atomic E-state index is 15.0. The second-order valence-corrected chi connectivity index (χ2v) is 9.58. The van der Waals surface area contributed by atoms with Gasteiger partial charge in [0.2, 0.25) is 11.8 Å². The Bertz CT molecular complexity index is 1000. The molecule has 176 valence electrons. The average molecular weight is 452 g/mol. The third kappa shape index (κ3) is 4.96. The molecule has 2 atom stereocenters. The number of nitrogens with zero attached hydrogens (tertiary/aromatic N) is 2. The monoisotopic (exact) mass is 451 g/mol. The summed E-state index contributed by atoms with van der Waals surface area (Å²) in [6.45, 7) is 6.49. The van der Waals surface area contributed by atoms with Crippen LogP contribution in [0.15, 0.2) is 42.5 Å². The van der Waals surface area contributed by atoms with Crippen molar-refractivity contribution < 1.29 is 14.0 Å². The Morgan fingerprint density at radius 1 is 1.09 bits per heavy atom. The molecule has 6 heteroatoms. The second-order valence-electron chi connectivity index (χ2n) is 9.58. The second kappa shape index (κ2) is 10.0. The molecule has 0 radical (unpaired) electrons. The van der Waals surface area contributed by atoms with Gasteiger partial charge in [-0.25, -0.2) is 4.39 Å². The minimum Gasteiger partial charge on any atom is -0.369 e. The van der Waals surface area contributed by atoms with Crippen LogP contribution in [0.25, 0.3) is 0 Å². The van der Waals surface area contributed by atoms with E-state index in [4.69, 9.17) is 5.73 Å². The number of rotatable bonds is 6. The third-order valence-corrected chi connectivity index (χ3v) is 7.39. The van der Waals surface area contributed by atoms with Crippen LogP contribution in [-0.4, -0.2) is 47.3 Å². The van der Waals surface area contributed by atoms with Crippen LogP contribution in [0.5, 0.6) is 0 Å². The molecule has 2 N–H and O–H groups in total. The van der Waals surface area contributed by atoms with Crippen molar-refractivity contribution in [3.05, 3.63) is 70.5 Å². The maximum atomic E-state index is 15.0. The molecule has 1 saturated carbocycles. The fraction of sp³-hybridized carbons (Fsp3) is 0.481. The molecule has 1 aliphatic carbocycles. The van der Waals surface area contributed by atoms with Gasteiger partial charge in [-0.15, -0.1) is 0 Å². The summed E-state index contributed by atoms with van der Waals surface area (Å²) in [5.74, 6) is -0.875. The van der Waals surface area contributed by atoms with Gasteiger partial charge in [0.15, 0.2) is 0 Å². The summed E-state index contributed by atoms with van der Waals surface area (Å²) in [5.41, 5.74) is 8.68. The molecule has 2 fully saturated rings. The van der Waals surface area contributed by atoms with Crippen LogP contribution in [0.4, 0.5) is 4.39 Å². The molecule has 2 aliphatic rings. The molecular formula is C27H34FN3O2. The molecule has 0 aromatic heterocycles. The van der Waals surface area contributed by atoms with Gasteiger partial charge in [0, 0.05) is 43.7 Å². The number of amides is 2. The molecular weight excluding hydrogens is 417 g/mol. The van der Waals surface area contributed by atoms with Crippen LogP contribution in [-0.2, 0) is 16.1 Å². The number of piperazine rings is 1. The number of hydrogen-bond donors (Lipinski definition) is 1. The number of halogens is 1. The van der Waals surface area contributed by atoms with Gasteiger partial charge in [-0.05, 0) is 49.4 Å². The van der Waals surface area contributed by atoms with E-state index in [9.17, 15) is 14.0 Å². The van der Waals surface area contributed by atoms with Gasteiger partial charge in [-0.2, -0.15) is 0 Å². The van der Waals surface area contributed by atoms with E-state index in [1.165, 1.54) is 6.07 Å². The molecule has 1 saturated heterocycles. The summed E-state index contributed by atoms with van der Waals surface area (Å²) >= 11 is 0. The van der Waals surface area contributed by atoms with Crippen LogP contribution in [0.2, 0.25) is 0 Å². The van der Waals surface area contributed by atoms with E-state index in [1.54, 1.807) is 6.07 Å². The van der Waals surface area contributed by atoms with E-state index in [2.05, 4.69) is 11.8 Å². The molecule has 0 bridgehead atoms. The lowest BCUT2D eigenvalue weighted by Crippen LogP contribution is -2.54. The minimum atomic E-state index is -0.620. The molecule has 2 amide bonds. The smallest absolute Gasteiger partial charge is 0.229 e.